The highest BCUT2D eigenvalue weighted by molar-refractivity contribution is 5.96. The van der Waals surface area contributed by atoms with E-state index in [1.165, 1.54) is 0 Å². The summed E-state index contributed by atoms with van der Waals surface area (Å²) in [5, 5.41) is 1.79. The minimum Gasteiger partial charge on any atom is -0.452 e. The average Bonchev–Trinajstić information content (AvgIpc) is 2.35. The van der Waals surface area contributed by atoms with Crippen molar-refractivity contribution in [3.8, 4) is 0 Å². The number of urea groups is 1. The van der Waals surface area contributed by atoms with Crippen LogP contribution >= 0.6 is 0 Å². The molecule has 0 aliphatic carbocycles. The van der Waals surface area contributed by atoms with Gasteiger partial charge < -0.3 is 10.5 Å². The molecule has 0 aromatic heterocycles. The highest BCUT2D eigenvalue weighted by Crippen LogP contribution is 2.06. The van der Waals surface area contributed by atoms with Crippen molar-refractivity contribution in [1.82, 2.24) is 5.32 Å². The molecule has 0 heterocycles. The predicted octanol–water partition coefficient (Wildman–Crippen LogP) is 0.601. The fourth-order valence-corrected chi connectivity index (χ4v) is 1.26. The Morgan fingerprint density at radius 1 is 1.22 bits per heavy atom. The first kappa shape index (κ1) is 13.7. The number of imide groups is 1. The topological polar surface area (TPSA) is 98.5 Å². The Morgan fingerprint density at radius 3 is 2.33 bits per heavy atom. The van der Waals surface area contributed by atoms with Gasteiger partial charge in [0.15, 0.2) is 6.61 Å². The maximum absolute atomic E-state index is 11.5. The van der Waals surface area contributed by atoms with Crippen molar-refractivity contribution >= 4 is 17.9 Å². The lowest BCUT2D eigenvalue weighted by Gasteiger charge is -2.04. The first-order valence-corrected chi connectivity index (χ1v) is 5.38. The smallest absolute Gasteiger partial charge is 0.338 e. The van der Waals surface area contributed by atoms with Gasteiger partial charge in [-0.05, 0) is 24.1 Å². The Kier molecular flexibility index (Phi) is 4.86. The Labute approximate surface area is 104 Å². The molecule has 0 fully saturated rings. The van der Waals surface area contributed by atoms with Crippen LogP contribution in [-0.2, 0) is 16.0 Å². The van der Waals surface area contributed by atoms with Crippen molar-refractivity contribution in [1.29, 1.82) is 0 Å². The molecule has 3 N–H and O–H groups in total. The third-order valence-corrected chi connectivity index (χ3v) is 2.19. The molecule has 0 unspecified atom stereocenters. The van der Waals surface area contributed by atoms with Gasteiger partial charge in [0.1, 0.15) is 0 Å². The maximum Gasteiger partial charge on any atom is 0.338 e. The molecular weight excluding hydrogens is 236 g/mol. The number of benzene rings is 1. The van der Waals surface area contributed by atoms with Crippen LogP contribution in [0.3, 0.4) is 0 Å². The van der Waals surface area contributed by atoms with Crippen LogP contribution in [0.4, 0.5) is 4.79 Å². The van der Waals surface area contributed by atoms with Crippen LogP contribution in [-0.4, -0.2) is 24.5 Å². The van der Waals surface area contributed by atoms with E-state index in [-0.39, 0.29) is 0 Å². The van der Waals surface area contributed by atoms with Crippen LogP contribution in [0.5, 0.6) is 0 Å². The Bertz CT molecular complexity index is 454. The lowest BCUT2D eigenvalue weighted by molar-refractivity contribution is -0.123. The van der Waals surface area contributed by atoms with Crippen LogP contribution in [0.25, 0.3) is 0 Å². The molecule has 6 heteroatoms. The Hall–Kier alpha value is -2.37. The first-order chi connectivity index (χ1) is 8.52. The van der Waals surface area contributed by atoms with E-state index in [9.17, 15) is 14.4 Å². The van der Waals surface area contributed by atoms with E-state index >= 15 is 0 Å². The molecule has 0 saturated carbocycles. The number of ether oxygens (including phenoxy) is 1. The summed E-state index contributed by atoms with van der Waals surface area (Å²) in [5.74, 6) is -1.39. The summed E-state index contributed by atoms with van der Waals surface area (Å²) in [6.45, 7) is 1.46. The third-order valence-electron chi connectivity index (χ3n) is 2.19. The van der Waals surface area contributed by atoms with Crippen molar-refractivity contribution in [2.24, 2.45) is 5.73 Å². The van der Waals surface area contributed by atoms with E-state index in [4.69, 9.17) is 10.5 Å². The SMILES string of the molecule is CCc1ccc(C(=O)OCC(=O)NC(N)=O)cc1. The molecule has 1 aromatic carbocycles. The molecule has 0 spiro atoms. The molecular formula is C12H14N2O4. The van der Waals surface area contributed by atoms with Crippen molar-refractivity contribution < 1.29 is 19.1 Å². The zero-order valence-corrected chi connectivity index (χ0v) is 9.93. The Balaban J connectivity index is 2.49. The molecule has 1 aromatic rings. The van der Waals surface area contributed by atoms with Crippen molar-refractivity contribution in [2.45, 2.75) is 13.3 Å². The number of rotatable bonds is 4. The van der Waals surface area contributed by atoms with Gasteiger partial charge in [0.2, 0.25) is 0 Å². The molecule has 0 radical (unpaired) electrons. The minimum atomic E-state index is -0.983. The van der Waals surface area contributed by atoms with Crippen molar-refractivity contribution in [3.63, 3.8) is 0 Å². The quantitative estimate of drug-likeness (QED) is 0.764. The van der Waals surface area contributed by atoms with Crippen LogP contribution in [0.1, 0.15) is 22.8 Å². The number of amides is 3. The molecule has 0 aliphatic rings. The summed E-state index contributed by atoms with van der Waals surface area (Å²) in [4.78, 5) is 32.9. The number of nitrogens with two attached hydrogens (primary N) is 1. The zero-order valence-electron chi connectivity index (χ0n) is 9.93. The lowest BCUT2D eigenvalue weighted by atomic mass is 10.1. The van der Waals surface area contributed by atoms with E-state index in [0.29, 0.717) is 5.56 Å². The number of esters is 1. The molecule has 18 heavy (non-hydrogen) atoms. The molecule has 0 bridgehead atoms. The van der Waals surface area contributed by atoms with E-state index in [1.54, 1.807) is 29.6 Å². The normalized spacial score (nSPS) is 9.61. The highest BCUT2D eigenvalue weighted by atomic mass is 16.5. The van der Waals surface area contributed by atoms with Gasteiger partial charge in [0, 0.05) is 0 Å². The first-order valence-electron chi connectivity index (χ1n) is 5.38. The molecule has 96 valence electrons. The number of aryl methyl sites for hydroxylation is 1. The van der Waals surface area contributed by atoms with E-state index in [2.05, 4.69) is 0 Å². The van der Waals surface area contributed by atoms with E-state index in [1.807, 2.05) is 6.92 Å². The van der Waals surface area contributed by atoms with Crippen molar-refractivity contribution in [2.75, 3.05) is 6.61 Å². The van der Waals surface area contributed by atoms with Crippen molar-refractivity contribution in [3.05, 3.63) is 35.4 Å². The zero-order chi connectivity index (χ0) is 13.5. The van der Waals surface area contributed by atoms with Gasteiger partial charge in [0.05, 0.1) is 5.56 Å². The molecule has 0 aliphatic heterocycles. The van der Waals surface area contributed by atoms with E-state index in [0.717, 1.165) is 12.0 Å². The number of primary amides is 1. The number of carbonyl (C=O) groups excluding carboxylic acids is 3. The summed E-state index contributed by atoms with van der Waals surface area (Å²) in [6, 6.07) is 5.86. The summed E-state index contributed by atoms with van der Waals surface area (Å²) >= 11 is 0. The van der Waals surface area contributed by atoms with Crippen LogP contribution in [0.2, 0.25) is 0 Å². The fourth-order valence-electron chi connectivity index (χ4n) is 1.26. The molecule has 3 amide bonds. The average molecular weight is 250 g/mol. The van der Waals surface area contributed by atoms with Gasteiger partial charge in [-0.1, -0.05) is 19.1 Å². The maximum atomic E-state index is 11.5. The van der Waals surface area contributed by atoms with E-state index < -0.39 is 24.5 Å². The van der Waals surface area contributed by atoms with Gasteiger partial charge in [-0.15, -0.1) is 0 Å². The number of hydrogen-bond donors (Lipinski definition) is 2. The number of carbonyl (C=O) groups is 3. The summed E-state index contributed by atoms with van der Waals surface area (Å²) in [6.07, 6.45) is 0.871. The standard InChI is InChI=1S/C12H14N2O4/c1-2-8-3-5-9(6-4-8)11(16)18-7-10(15)14-12(13)17/h3-6H,2,7H2,1H3,(H3,13,14,15,17). The fraction of sp³-hybridized carbons (Fsp3) is 0.250. The number of hydrogen-bond acceptors (Lipinski definition) is 4. The molecule has 6 nitrogen and oxygen atoms in total. The second kappa shape index (κ2) is 6.39. The summed E-state index contributed by atoms with van der Waals surface area (Å²) in [7, 11) is 0. The van der Waals surface area contributed by atoms with Crippen LogP contribution < -0.4 is 11.1 Å². The molecule has 0 saturated heterocycles. The van der Waals surface area contributed by atoms with Crippen LogP contribution in [0.15, 0.2) is 24.3 Å². The van der Waals surface area contributed by atoms with Gasteiger partial charge in [-0.2, -0.15) is 0 Å². The predicted molar refractivity (Wildman–Crippen MR) is 63.8 cm³/mol. The second-order valence-corrected chi connectivity index (χ2v) is 3.54. The van der Waals surface area contributed by atoms with Gasteiger partial charge in [0.25, 0.3) is 5.91 Å². The summed E-state index contributed by atoms with van der Waals surface area (Å²) < 4.78 is 4.71. The monoisotopic (exact) mass is 250 g/mol. The number of nitrogens with one attached hydrogen (secondary N) is 1. The van der Waals surface area contributed by atoms with Gasteiger partial charge in [-0.25, -0.2) is 9.59 Å². The molecule has 1 rings (SSSR count). The second-order valence-electron chi connectivity index (χ2n) is 3.54. The molecule has 0 atom stereocenters. The third kappa shape index (κ3) is 4.25. The van der Waals surface area contributed by atoms with Crippen LogP contribution in [0, 0.1) is 0 Å². The Morgan fingerprint density at radius 2 is 1.83 bits per heavy atom. The minimum absolute atomic E-state index is 0.346. The van der Waals surface area contributed by atoms with Gasteiger partial charge >= 0.3 is 12.0 Å². The lowest BCUT2D eigenvalue weighted by Crippen LogP contribution is -2.37. The van der Waals surface area contributed by atoms with Gasteiger partial charge in [-0.3, -0.25) is 10.1 Å². The largest absolute Gasteiger partial charge is 0.452 e. The highest BCUT2D eigenvalue weighted by Gasteiger charge is 2.10. The summed E-state index contributed by atoms with van der Waals surface area (Å²) in [5.41, 5.74) is 6.17.